The number of carbonyl (C=O) groups excluding carboxylic acids is 2. The molecule has 6 nitrogen and oxygen atoms in total. The lowest BCUT2D eigenvalue weighted by molar-refractivity contribution is -0.117. The fourth-order valence-electron chi connectivity index (χ4n) is 3.92. The fourth-order valence-corrected chi connectivity index (χ4v) is 3.92. The molecule has 2 saturated heterocycles. The molecule has 4 rings (SSSR count). The molecule has 0 atom stereocenters. The lowest BCUT2D eigenvalue weighted by Gasteiger charge is -2.36. The van der Waals surface area contributed by atoms with Gasteiger partial charge >= 0.3 is 0 Å². The molecule has 2 heterocycles. The molecular weight excluding hydrogens is 354 g/mol. The van der Waals surface area contributed by atoms with Crippen LogP contribution >= 0.6 is 0 Å². The maximum Gasteiger partial charge on any atom is 0.256 e. The SMILES string of the molecule is COc1ccc(N2CCN(C(=O)c3ccccc3N3CCCC3=O)CC2)cc1. The Morgan fingerprint density at radius 1 is 0.929 bits per heavy atom. The van der Waals surface area contributed by atoms with E-state index in [0.717, 1.165) is 36.6 Å². The normalized spacial score (nSPS) is 17.2. The van der Waals surface area contributed by atoms with Gasteiger partial charge in [-0.05, 0) is 42.8 Å². The molecule has 2 aliphatic heterocycles. The Hall–Kier alpha value is -3.02. The number of benzene rings is 2. The average Bonchev–Trinajstić information content (AvgIpc) is 3.19. The van der Waals surface area contributed by atoms with Gasteiger partial charge in [-0.2, -0.15) is 0 Å². The molecule has 0 N–H and O–H groups in total. The van der Waals surface area contributed by atoms with Crippen molar-refractivity contribution in [2.24, 2.45) is 0 Å². The number of piperazine rings is 1. The second-order valence-electron chi connectivity index (χ2n) is 7.14. The Kier molecular flexibility index (Phi) is 5.19. The van der Waals surface area contributed by atoms with Crippen LogP contribution in [0.3, 0.4) is 0 Å². The molecule has 0 aromatic heterocycles. The largest absolute Gasteiger partial charge is 0.497 e. The highest BCUT2D eigenvalue weighted by atomic mass is 16.5. The van der Waals surface area contributed by atoms with Gasteiger partial charge < -0.3 is 19.4 Å². The fraction of sp³-hybridized carbons (Fsp3) is 0.364. The van der Waals surface area contributed by atoms with Crippen molar-refractivity contribution in [1.82, 2.24) is 4.90 Å². The summed E-state index contributed by atoms with van der Waals surface area (Å²) in [5.41, 5.74) is 2.50. The minimum atomic E-state index is 0.00433. The van der Waals surface area contributed by atoms with Crippen molar-refractivity contribution in [3.63, 3.8) is 0 Å². The van der Waals surface area contributed by atoms with Gasteiger partial charge in [-0.25, -0.2) is 0 Å². The molecular formula is C22H25N3O3. The summed E-state index contributed by atoms with van der Waals surface area (Å²) in [4.78, 5) is 31.2. The molecule has 6 heteroatoms. The van der Waals surface area contributed by atoms with Crippen molar-refractivity contribution < 1.29 is 14.3 Å². The summed E-state index contributed by atoms with van der Waals surface area (Å²) < 4.78 is 5.22. The average molecular weight is 379 g/mol. The molecule has 2 aromatic carbocycles. The van der Waals surface area contributed by atoms with Crippen molar-refractivity contribution in [1.29, 1.82) is 0 Å². The Bertz CT molecular complexity index is 858. The number of nitrogens with zero attached hydrogens (tertiary/aromatic N) is 3. The van der Waals surface area contributed by atoms with E-state index in [2.05, 4.69) is 4.90 Å². The predicted octanol–water partition coefficient (Wildman–Crippen LogP) is 2.78. The zero-order chi connectivity index (χ0) is 19.5. The van der Waals surface area contributed by atoms with E-state index in [1.165, 1.54) is 0 Å². The van der Waals surface area contributed by atoms with E-state index in [0.29, 0.717) is 31.6 Å². The number of rotatable bonds is 4. The van der Waals surface area contributed by atoms with Crippen LogP contribution in [0.4, 0.5) is 11.4 Å². The zero-order valence-corrected chi connectivity index (χ0v) is 16.1. The number of hydrogen-bond acceptors (Lipinski definition) is 4. The monoisotopic (exact) mass is 379 g/mol. The summed E-state index contributed by atoms with van der Waals surface area (Å²) in [6.45, 7) is 3.57. The summed E-state index contributed by atoms with van der Waals surface area (Å²) >= 11 is 0. The molecule has 2 amide bonds. The van der Waals surface area contributed by atoms with Crippen molar-refractivity contribution in [2.45, 2.75) is 12.8 Å². The van der Waals surface area contributed by atoms with E-state index in [4.69, 9.17) is 4.74 Å². The van der Waals surface area contributed by atoms with Crippen LogP contribution in [0.25, 0.3) is 0 Å². The van der Waals surface area contributed by atoms with Gasteiger partial charge in [-0.1, -0.05) is 12.1 Å². The third-order valence-electron chi connectivity index (χ3n) is 5.50. The molecule has 0 saturated carbocycles. The third-order valence-corrected chi connectivity index (χ3v) is 5.50. The van der Waals surface area contributed by atoms with E-state index in [-0.39, 0.29) is 11.8 Å². The van der Waals surface area contributed by atoms with Crippen LogP contribution in [0.2, 0.25) is 0 Å². The van der Waals surface area contributed by atoms with Crippen LogP contribution in [-0.4, -0.2) is 56.5 Å². The molecule has 2 aliphatic rings. The topological polar surface area (TPSA) is 53.1 Å². The number of para-hydroxylation sites is 1. The van der Waals surface area contributed by atoms with Gasteiger partial charge in [0, 0.05) is 44.8 Å². The van der Waals surface area contributed by atoms with Gasteiger partial charge in [-0.3, -0.25) is 9.59 Å². The van der Waals surface area contributed by atoms with Crippen LogP contribution in [-0.2, 0) is 4.79 Å². The summed E-state index contributed by atoms with van der Waals surface area (Å²) in [5.74, 6) is 0.944. The van der Waals surface area contributed by atoms with Crippen molar-refractivity contribution in [2.75, 3.05) is 49.6 Å². The van der Waals surface area contributed by atoms with Crippen LogP contribution in [0.1, 0.15) is 23.2 Å². The number of ether oxygens (including phenoxy) is 1. The first-order chi connectivity index (χ1) is 13.7. The smallest absolute Gasteiger partial charge is 0.256 e. The number of anilines is 2. The maximum absolute atomic E-state index is 13.2. The van der Waals surface area contributed by atoms with E-state index in [1.807, 2.05) is 53.4 Å². The van der Waals surface area contributed by atoms with Crippen LogP contribution in [0, 0.1) is 0 Å². The second kappa shape index (κ2) is 7.92. The standard InChI is InChI=1S/C22H25N3O3/c1-28-18-10-8-17(9-11-18)23-13-15-24(16-14-23)22(27)19-5-2-3-6-20(19)25-12-4-7-21(25)26/h2-3,5-6,8-11H,4,7,12-16H2,1H3. The van der Waals surface area contributed by atoms with E-state index in [1.54, 1.807) is 12.0 Å². The van der Waals surface area contributed by atoms with Crippen molar-refractivity contribution in [3.8, 4) is 5.75 Å². The van der Waals surface area contributed by atoms with Crippen molar-refractivity contribution in [3.05, 3.63) is 54.1 Å². The molecule has 2 fully saturated rings. The van der Waals surface area contributed by atoms with Crippen LogP contribution in [0.5, 0.6) is 5.75 Å². The summed E-state index contributed by atoms with van der Waals surface area (Å²) in [7, 11) is 1.66. The third kappa shape index (κ3) is 3.54. The van der Waals surface area contributed by atoms with Crippen molar-refractivity contribution >= 4 is 23.2 Å². The number of methoxy groups -OCH3 is 1. The molecule has 0 radical (unpaired) electrons. The minimum Gasteiger partial charge on any atom is -0.497 e. The van der Waals surface area contributed by atoms with Gasteiger partial charge in [0.15, 0.2) is 0 Å². The maximum atomic E-state index is 13.2. The molecule has 146 valence electrons. The highest BCUT2D eigenvalue weighted by molar-refractivity contribution is 6.05. The molecule has 0 aliphatic carbocycles. The highest BCUT2D eigenvalue weighted by Crippen LogP contribution is 2.27. The highest BCUT2D eigenvalue weighted by Gasteiger charge is 2.28. The molecule has 28 heavy (non-hydrogen) atoms. The lowest BCUT2D eigenvalue weighted by atomic mass is 10.1. The van der Waals surface area contributed by atoms with E-state index in [9.17, 15) is 9.59 Å². The second-order valence-corrected chi connectivity index (χ2v) is 7.14. The Balaban J connectivity index is 1.45. The Morgan fingerprint density at radius 2 is 1.64 bits per heavy atom. The van der Waals surface area contributed by atoms with Gasteiger partial charge in [0.1, 0.15) is 5.75 Å². The van der Waals surface area contributed by atoms with Crippen LogP contribution in [0.15, 0.2) is 48.5 Å². The minimum absolute atomic E-state index is 0.00433. The molecule has 0 unspecified atom stereocenters. The van der Waals surface area contributed by atoms with Gasteiger partial charge in [0.05, 0.1) is 18.4 Å². The van der Waals surface area contributed by atoms with Gasteiger partial charge in [0.25, 0.3) is 5.91 Å². The number of carbonyl (C=O) groups is 2. The zero-order valence-electron chi connectivity index (χ0n) is 16.1. The number of hydrogen-bond donors (Lipinski definition) is 0. The summed E-state index contributed by atoms with van der Waals surface area (Å²) in [6, 6.07) is 15.5. The number of amides is 2. The quantitative estimate of drug-likeness (QED) is 0.820. The van der Waals surface area contributed by atoms with Gasteiger partial charge in [-0.15, -0.1) is 0 Å². The predicted molar refractivity (Wildman–Crippen MR) is 109 cm³/mol. The van der Waals surface area contributed by atoms with E-state index < -0.39 is 0 Å². The molecule has 2 aromatic rings. The summed E-state index contributed by atoms with van der Waals surface area (Å²) in [5, 5.41) is 0. The van der Waals surface area contributed by atoms with E-state index >= 15 is 0 Å². The summed E-state index contributed by atoms with van der Waals surface area (Å²) in [6.07, 6.45) is 1.41. The Labute approximate surface area is 165 Å². The first kappa shape index (κ1) is 18.3. The first-order valence-electron chi connectivity index (χ1n) is 9.75. The lowest BCUT2D eigenvalue weighted by Crippen LogP contribution is -2.49. The van der Waals surface area contributed by atoms with Gasteiger partial charge in [0.2, 0.25) is 5.91 Å². The Morgan fingerprint density at radius 3 is 2.29 bits per heavy atom. The first-order valence-corrected chi connectivity index (χ1v) is 9.75. The van der Waals surface area contributed by atoms with Crippen LogP contribution < -0.4 is 14.5 Å². The molecule has 0 spiro atoms. The molecule has 0 bridgehead atoms.